The van der Waals surface area contributed by atoms with Gasteiger partial charge in [-0.15, -0.1) is 0 Å². The molecule has 0 aromatic rings. The maximum Gasteiger partial charge on any atom is 0.314 e. The summed E-state index contributed by atoms with van der Waals surface area (Å²) in [7, 11) is -7.53. The lowest BCUT2D eigenvalue weighted by molar-refractivity contribution is 0.304. The third-order valence-electron chi connectivity index (χ3n) is 1.88. The van der Waals surface area contributed by atoms with E-state index in [1.165, 1.54) is 0 Å². The van der Waals surface area contributed by atoms with Crippen LogP contribution in [-0.2, 0) is 16.5 Å². The normalized spacial score (nSPS) is 14.8. The van der Waals surface area contributed by atoms with Crippen LogP contribution in [0.4, 0.5) is 0 Å². The average molecular weight is 355 g/mol. The molecule has 0 fully saturated rings. The first-order valence-corrected chi connectivity index (χ1v) is 19.9. The standard InChI is InChI=1S/C10H30O4Si5/c1-15-11-17(5,6)13-19(9,10)14-18(7,8)12-16(2,3)4/h1-10H3. The second-order valence-corrected chi connectivity index (χ2v) is 23.2. The van der Waals surface area contributed by atoms with Crippen molar-refractivity contribution in [3.8, 4) is 0 Å². The SMILES string of the molecule is C[Si]O[Si](C)(C)O[Si](C)(C)O[Si](C)(C)O[Si](C)(C)C. The topological polar surface area (TPSA) is 36.9 Å². The summed E-state index contributed by atoms with van der Waals surface area (Å²) in [6.45, 7) is 21.2. The molecule has 9 heteroatoms. The van der Waals surface area contributed by atoms with Gasteiger partial charge in [-0.05, 0) is 65.5 Å². The fourth-order valence-electron chi connectivity index (χ4n) is 2.23. The van der Waals surface area contributed by atoms with Gasteiger partial charge in [-0.1, -0.05) is 0 Å². The Balaban J connectivity index is 4.67. The molecule has 0 bridgehead atoms. The highest BCUT2D eigenvalue weighted by atomic mass is 28.5. The molecule has 4 nitrogen and oxygen atoms in total. The molecule has 2 radical (unpaired) electrons. The van der Waals surface area contributed by atoms with E-state index in [2.05, 4.69) is 58.9 Å². The Morgan fingerprint density at radius 3 is 1.32 bits per heavy atom. The van der Waals surface area contributed by atoms with Crippen LogP contribution in [0.5, 0.6) is 0 Å². The van der Waals surface area contributed by atoms with Crippen LogP contribution in [0.25, 0.3) is 0 Å². The van der Waals surface area contributed by atoms with E-state index >= 15 is 0 Å². The summed E-state index contributed by atoms with van der Waals surface area (Å²) in [5.74, 6) is 0. The summed E-state index contributed by atoms with van der Waals surface area (Å²) >= 11 is 0. The smallest absolute Gasteiger partial charge is 0.314 e. The van der Waals surface area contributed by atoms with Gasteiger partial charge in [0, 0.05) is 0 Å². The molecule has 0 amide bonds. The van der Waals surface area contributed by atoms with Crippen molar-refractivity contribution >= 4 is 43.8 Å². The van der Waals surface area contributed by atoms with Gasteiger partial charge in [0.25, 0.3) is 0 Å². The van der Waals surface area contributed by atoms with E-state index < -0.39 is 34.0 Å². The first-order chi connectivity index (χ1) is 8.18. The summed E-state index contributed by atoms with van der Waals surface area (Å²) in [4.78, 5) is 0. The van der Waals surface area contributed by atoms with Gasteiger partial charge in [0.1, 0.15) is 0 Å². The lowest BCUT2D eigenvalue weighted by Crippen LogP contribution is -2.56. The minimum atomic E-state index is -2.21. The summed E-state index contributed by atoms with van der Waals surface area (Å²) in [6, 6.07) is 0. The van der Waals surface area contributed by atoms with Crippen LogP contribution in [0.15, 0.2) is 0 Å². The molecule has 0 rings (SSSR count). The van der Waals surface area contributed by atoms with Crippen LogP contribution < -0.4 is 0 Å². The minimum Gasteiger partial charge on any atom is -0.437 e. The Hall–Kier alpha value is 0.924. The number of hydrogen-bond donors (Lipinski definition) is 0. The molecule has 0 N–H and O–H groups in total. The highest BCUT2D eigenvalue weighted by Crippen LogP contribution is 2.23. The zero-order valence-corrected chi connectivity index (χ0v) is 19.1. The van der Waals surface area contributed by atoms with Gasteiger partial charge < -0.3 is 16.5 Å². The van der Waals surface area contributed by atoms with Gasteiger partial charge >= 0.3 is 25.7 Å². The second kappa shape index (κ2) is 6.79. The van der Waals surface area contributed by atoms with Crippen LogP contribution in [0.1, 0.15) is 0 Å². The van der Waals surface area contributed by atoms with Gasteiger partial charge in [-0.2, -0.15) is 0 Å². The molecule has 0 atom stereocenters. The number of hydrogen-bond acceptors (Lipinski definition) is 4. The zero-order valence-electron chi connectivity index (χ0n) is 14.1. The third kappa shape index (κ3) is 10.3. The molecule has 0 saturated heterocycles. The Labute approximate surface area is 126 Å². The average Bonchev–Trinajstić information content (AvgIpc) is 1.90. The molecular weight excluding hydrogens is 325 g/mol. The lowest BCUT2D eigenvalue weighted by Gasteiger charge is -2.39. The van der Waals surface area contributed by atoms with Gasteiger partial charge in [-0.3, -0.25) is 0 Å². The fourth-order valence-corrected chi connectivity index (χ4v) is 21.2. The fraction of sp³-hybridized carbons (Fsp3) is 1.00. The highest BCUT2D eigenvalue weighted by Gasteiger charge is 2.42. The van der Waals surface area contributed by atoms with E-state index in [9.17, 15) is 0 Å². The van der Waals surface area contributed by atoms with Crippen molar-refractivity contribution in [1.29, 1.82) is 0 Å². The van der Waals surface area contributed by atoms with Crippen molar-refractivity contribution < 1.29 is 16.5 Å². The van der Waals surface area contributed by atoms with Crippen LogP contribution in [-0.4, -0.2) is 43.8 Å². The Kier molecular flexibility index (Phi) is 7.12. The van der Waals surface area contributed by atoms with E-state index in [1.54, 1.807) is 0 Å². The monoisotopic (exact) mass is 354 g/mol. The molecular formula is C10H30O4Si5. The molecule has 0 heterocycles. The summed E-state index contributed by atoms with van der Waals surface area (Å²) < 4.78 is 24.5. The van der Waals surface area contributed by atoms with Crippen molar-refractivity contribution in [3.05, 3.63) is 0 Å². The van der Waals surface area contributed by atoms with Crippen LogP contribution in [0.3, 0.4) is 0 Å². The predicted octanol–water partition coefficient (Wildman–Crippen LogP) is 3.66. The van der Waals surface area contributed by atoms with Gasteiger partial charge in [0.05, 0.1) is 0 Å². The molecule has 0 unspecified atom stereocenters. The third-order valence-corrected chi connectivity index (χ3v) is 16.9. The Morgan fingerprint density at radius 2 is 0.947 bits per heavy atom. The molecule has 19 heavy (non-hydrogen) atoms. The molecule has 0 aromatic heterocycles. The highest BCUT2D eigenvalue weighted by molar-refractivity contribution is 6.88. The quantitative estimate of drug-likeness (QED) is 0.623. The molecule has 0 aliphatic carbocycles. The van der Waals surface area contributed by atoms with Crippen molar-refractivity contribution in [1.82, 2.24) is 0 Å². The van der Waals surface area contributed by atoms with E-state index in [4.69, 9.17) is 16.5 Å². The first kappa shape index (κ1) is 19.9. The van der Waals surface area contributed by atoms with Crippen LogP contribution >= 0.6 is 0 Å². The Bertz CT molecular complexity index is 288. The van der Waals surface area contributed by atoms with Crippen molar-refractivity contribution in [3.63, 3.8) is 0 Å². The number of rotatable bonds is 8. The van der Waals surface area contributed by atoms with E-state index in [0.717, 1.165) is 0 Å². The van der Waals surface area contributed by atoms with Crippen molar-refractivity contribution in [2.75, 3.05) is 0 Å². The summed E-state index contributed by atoms with van der Waals surface area (Å²) in [5.41, 5.74) is 0. The Morgan fingerprint density at radius 1 is 0.579 bits per heavy atom. The van der Waals surface area contributed by atoms with Crippen molar-refractivity contribution in [2.24, 2.45) is 0 Å². The van der Waals surface area contributed by atoms with E-state index in [1.807, 2.05) is 6.55 Å². The second-order valence-electron chi connectivity index (χ2n) is 6.92. The maximum absolute atomic E-state index is 6.31. The largest absolute Gasteiger partial charge is 0.437 e. The van der Waals surface area contributed by atoms with Crippen LogP contribution in [0, 0.1) is 0 Å². The van der Waals surface area contributed by atoms with Crippen molar-refractivity contribution in [2.45, 2.75) is 65.5 Å². The summed E-state index contributed by atoms with van der Waals surface area (Å²) in [6.07, 6.45) is 0. The summed E-state index contributed by atoms with van der Waals surface area (Å²) in [5, 5.41) is 0. The predicted molar refractivity (Wildman–Crippen MR) is 91.8 cm³/mol. The van der Waals surface area contributed by atoms with Crippen LogP contribution in [0.2, 0.25) is 65.5 Å². The van der Waals surface area contributed by atoms with Gasteiger partial charge in [-0.25, -0.2) is 0 Å². The zero-order chi connectivity index (χ0) is 15.5. The van der Waals surface area contributed by atoms with Gasteiger partial charge in [0.2, 0.25) is 9.76 Å². The molecule has 0 aliphatic heterocycles. The molecule has 0 spiro atoms. The maximum atomic E-state index is 6.31. The molecule has 0 aliphatic rings. The molecule has 0 aromatic carbocycles. The lowest BCUT2D eigenvalue weighted by atomic mass is 11.8. The minimum absolute atomic E-state index is 0.465. The van der Waals surface area contributed by atoms with E-state index in [-0.39, 0.29) is 0 Å². The molecule has 0 saturated carbocycles. The van der Waals surface area contributed by atoms with Gasteiger partial charge in [0.15, 0.2) is 8.32 Å². The first-order valence-electron chi connectivity index (χ1n) is 6.63. The molecule has 114 valence electrons. The van der Waals surface area contributed by atoms with E-state index in [0.29, 0.717) is 9.76 Å².